The highest BCUT2D eigenvalue weighted by atomic mass is 16.5. The molecule has 0 saturated heterocycles. The first kappa shape index (κ1) is 14.0. The van der Waals surface area contributed by atoms with E-state index in [1.54, 1.807) is 0 Å². The average molecular weight is 200 g/mol. The predicted octanol–water partition coefficient (Wildman–Crippen LogP) is 4.55. The average Bonchev–Trinajstić information content (AvgIpc) is 2.21. The predicted molar refractivity (Wildman–Crippen MR) is 63.7 cm³/mol. The molecule has 0 aromatic rings. The molecule has 0 spiro atoms. The van der Waals surface area contributed by atoms with Gasteiger partial charge in [-0.25, -0.2) is 0 Å². The third-order valence-electron chi connectivity index (χ3n) is 2.53. The van der Waals surface area contributed by atoms with Gasteiger partial charge in [-0.2, -0.15) is 0 Å². The van der Waals surface area contributed by atoms with E-state index in [1.807, 2.05) is 0 Å². The topological polar surface area (TPSA) is 9.23 Å². The van der Waals surface area contributed by atoms with Crippen molar-refractivity contribution in [1.29, 1.82) is 0 Å². The van der Waals surface area contributed by atoms with Gasteiger partial charge in [0.1, 0.15) is 0 Å². The normalized spacial score (nSPS) is 10.7. The molecule has 0 rings (SSSR count). The lowest BCUT2D eigenvalue weighted by Crippen LogP contribution is -1.97. The number of hydrogen-bond donors (Lipinski definition) is 0. The van der Waals surface area contributed by atoms with Gasteiger partial charge < -0.3 is 4.74 Å². The van der Waals surface area contributed by atoms with E-state index in [2.05, 4.69) is 13.8 Å². The van der Waals surface area contributed by atoms with Crippen LogP contribution in [0.15, 0.2) is 0 Å². The summed E-state index contributed by atoms with van der Waals surface area (Å²) in [6, 6.07) is 0. The summed E-state index contributed by atoms with van der Waals surface area (Å²) in [4.78, 5) is 0. The Bertz CT molecular complexity index is 79.2. The molecule has 0 aromatic carbocycles. The van der Waals surface area contributed by atoms with Crippen molar-refractivity contribution >= 4 is 0 Å². The largest absolute Gasteiger partial charge is 0.381 e. The van der Waals surface area contributed by atoms with E-state index in [0.717, 1.165) is 13.2 Å². The Hall–Kier alpha value is -0.0400. The summed E-state index contributed by atoms with van der Waals surface area (Å²) in [5.41, 5.74) is 0. The van der Waals surface area contributed by atoms with Gasteiger partial charge in [0.05, 0.1) is 0 Å². The summed E-state index contributed by atoms with van der Waals surface area (Å²) in [5, 5.41) is 0. The summed E-state index contributed by atoms with van der Waals surface area (Å²) in [7, 11) is 0. The first-order valence-corrected chi connectivity index (χ1v) is 6.49. The van der Waals surface area contributed by atoms with E-state index in [0.29, 0.717) is 0 Å². The number of ether oxygens (including phenoxy) is 1. The van der Waals surface area contributed by atoms with Crippen LogP contribution in [0.3, 0.4) is 0 Å². The molecule has 0 saturated carbocycles. The summed E-state index contributed by atoms with van der Waals surface area (Å²) in [5.74, 6) is 0. The zero-order chi connectivity index (χ0) is 10.5. The minimum Gasteiger partial charge on any atom is -0.381 e. The van der Waals surface area contributed by atoms with E-state index in [4.69, 9.17) is 4.74 Å². The molecule has 0 atom stereocenters. The first-order chi connectivity index (χ1) is 6.91. The van der Waals surface area contributed by atoms with Crippen molar-refractivity contribution in [3.05, 3.63) is 0 Å². The molecule has 0 aromatic heterocycles. The van der Waals surface area contributed by atoms with Crippen molar-refractivity contribution < 1.29 is 4.74 Å². The monoisotopic (exact) mass is 200 g/mol. The van der Waals surface area contributed by atoms with Gasteiger partial charge in [0, 0.05) is 13.2 Å². The Morgan fingerprint density at radius 1 is 0.571 bits per heavy atom. The van der Waals surface area contributed by atoms with Gasteiger partial charge in [-0.15, -0.1) is 0 Å². The van der Waals surface area contributed by atoms with Crippen LogP contribution in [0.2, 0.25) is 0 Å². The molecule has 1 heteroatoms. The van der Waals surface area contributed by atoms with Crippen molar-refractivity contribution in [2.24, 2.45) is 0 Å². The first-order valence-electron chi connectivity index (χ1n) is 6.49. The molecule has 0 unspecified atom stereocenters. The lowest BCUT2D eigenvalue weighted by molar-refractivity contribution is 0.126. The summed E-state index contributed by atoms with van der Waals surface area (Å²) < 4.78 is 5.56. The lowest BCUT2D eigenvalue weighted by atomic mass is 10.2. The third-order valence-corrected chi connectivity index (χ3v) is 2.53. The van der Waals surface area contributed by atoms with Crippen LogP contribution in [-0.2, 0) is 4.74 Å². The SMILES string of the molecule is CCCCCCCOCCCCCC. The fourth-order valence-corrected chi connectivity index (χ4v) is 1.54. The van der Waals surface area contributed by atoms with Gasteiger partial charge in [-0.05, 0) is 12.8 Å². The van der Waals surface area contributed by atoms with Gasteiger partial charge in [-0.3, -0.25) is 0 Å². The molecule has 0 fully saturated rings. The zero-order valence-corrected chi connectivity index (χ0v) is 10.2. The molecular formula is C13H28O. The van der Waals surface area contributed by atoms with Crippen LogP contribution in [0.1, 0.15) is 71.6 Å². The van der Waals surface area contributed by atoms with Crippen LogP contribution in [0.4, 0.5) is 0 Å². The maximum Gasteiger partial charge on any atom is 0.0466 e. The molecular weight excluding hydrogens is 172 g/mol. The van der Waals surface area contributed by atoms with E-state index in [1.165, 1.54) is 57.8 Å². The molecule has 86 valence electrons. The Morgan fingerprint density at radius 2 is 1.00 bits per heavy atom. The molecule has 0 N–H and O–H groups in total. The smallest absolute Gasteiger partial charge is 0.0466 e. The van der Waals surface area contributed by atoms with Crippen LogP contribution in [0.25, 0.3) is 0 Å². The van der Waals surface area contributed by atoms with Gasteiger partial charge >= 0.3 is 0 Å². The van der Waals surface area contributed by atoms with Crippen LogP contribution in [0, 0.1) is 0 Å². The Labute approximate surface area is 90.2 Å². The molecule has 0 bridgehead atoms. The van der Waals surface area contributed by atoms with E-state index < -0.39 is 0 Å². The fourth-order valence-electron chi connectivity index (χ4n) is 1.54. The molecule has 0 heterocycles. The number of rotatable bonds is 11. The standard InChI is InChI=1S/C13H28O/c1-3-5-7-9-11-13-14-12-10-8-6-4-2/h3-13H2,1-2H3. The van der Waals surface area contributed by atoms with Crippen molar-refractivity contribution in [3.63, 3.8) is 0 Å². The summed E-state index contributed by atoms with van der Waals surface area (Å²) in [6.45, 7) is 6.46. The Kier molecular flexibility index (Phi) is 12.9. The van der Waals surface area contributed by atoms with E-state index in [9.17, 15) is 0 Å². The second kappa shape index (κ2) is 13.0. The highest BCUT2D eigenvalue weighted by Gasteiger charge is 1.91. The van der Waals surface area contributed by atoms with Crippen LogP contribution >= 0.6 is 0 Å². The Morgan fingerprint density at radius 3 is 1.50 bits per heavy atom. The zero-order valence-electron chi connectivity index (χ0n) is 10.2. The molecule has 0 aliphatic heterocycles. The van der Waals surface area contributed by atoms with Gasteiger partial charge in [0.15, 0.2) is 0 Å². The molecule has 14 heavy (non-hydrogen) atoms. The van der Waals surface area contributed by atoms with E-state index >= 15 is 0 Å². The van der Waals surface area contributed by atoms with Gasteiger partial charge in [0.2, 0.25) is 0 Å². The molecule has 0 aliphatic rings. The minimum absolute atomic E-state index is 0.980. The molecule has 0 radical (unpaired) electrons. The van der Waals surface area contributed by atoms with Crippen LogP contribution in [-0.4, -0.2) is 13.2 Å². The summed E-state index contributed by atoms with van der Waals surface area (Å²) >= 11 is 0. The number of unbranched alkanes of at least 4 members (excludes halogenated alkanes) is 7. The highest BCUT2D eigenvalue weighted by molar-refractivity contribution is 4.43. The molecule has 0 aliphatic carbocycles. The fraction of sp³-hybridized carbons (Fsp3) is 1.00. The second-order valence-corrected chi connectivity index (χ2v) is 4.09. The molecule has 0 amide bonds. The quantitative estimate of drug-likeness (QED) is 0.444. The van der Waals surface area contributed by atoms with E-state index in [-0.39, 0.29) is 0 Å². The van der Waals surface area contributed by atoms with Crippen molar-refractivity contribution in [2.75, 3.05) is 13.2 Å². The number of hydrogen-bond acceptors (Lipinski definition) is 1. The Balaban J connectivity index is 2.78. The van der Waals surface area contributed by atoms with Crippen molar-refractivity contribution in [3.8, 4) is 0 Å². The lowest BCUT2D eigenvalue weighted by Gasteiger charge is -2.03. The minimum atomic E-state index is 0.980. The van der Waals surface area contributed by atoms with Crippen LogP contribution < -0.4 is 0 Å². The highest BCUT2D eigenvalue weighted by Crippen LogP contribution is 2.03. The van der Waals surface area contributed by atoms with Gasteiger partial charge in [0.25, 0.3) is 0 Å². The van der Waals surface area contributed by atoms with Crippen molar-refractivity contribution in [1.82, 2.24) is 0 Å². The third kappa shape index (κ3) is 12.0. The second-order valence-electron chi connectivity index (χ2n) is 4.09. The maximum absolute atomic E-state index is 5.56. The van der Waals surface area contributed by atoms with Crippen molar-refractivity contribution in [2.45, 2.75) is 71.6 Å². The maximum atomic E-state index is 5.56. The molecule has 1 nitrogen and oxygen atoms in total. The summed E-state index contributed by atoms with van der Waals surface area (Å²) in [6.07, 6.45) is 12.0. The van der Waals surface area contributed by atoms with Crippen LogP contribution in [0.5, 0.6) is 0 Å². The van der Waals surface area contributed by atoms with Gasteiger partial charge in [-0.1, -0.05) is 58.8 Å².